The van der Waals surface area contributed by atoms with Crippen LogP contribution in [0.1, 0.15) is 15.2 Å². The molecule has 22 heavy (non-hydrogen) atoms. The van der Waals surface area contributed by atoms with E-state index in [1.165, 1.54) is 18.5 Å². The summed E-state index contributed by atoms with van der Waals surface area (Å²) < 4.78 is 13.0. The standard InChI is InChI=1S/C14H10FN3O3S/c1-6-10-12(18-8-3-2-7(15)4-9(8)19)16-5-17-13(10)22-11(6)14(20)21/h2-5,19H,1H3,(H,20,21)(H,16,17,18). The highest BCUT2D eigenvalue weighted by Gasteiger charge is 2.19. The second-order valence-corrected chi connectivity index (χ2v) is 5.55. The molecular formula is C14H10FN3O3S. The van der Waals surface area contributed by atoms with Crippen molar-refractivity contribution in [3.63, 3.8) is 0 Å². The summed E-state index contributed by atoms with van der Waals surface area (Å²) in [5, 5.41) is 22.4. The molecule has 0 aliphatic rings. The molecule has 3 rings (SSSR count). The minimum Gasteiger partial charge on any atom is -0.506 e. The van der Waals surface area contributed by atoms with E-state index >= 15 is 0 Å². The lowest BCUT2D eigenvalue weighted by molar-refractivity contribution is 0.0701. The van der Waals surface area contributed by atoms with Crippen molar-refractivity contribution in [2.75, 3.05) is 5.32 Å². The first-order chi connectivity index (χ1) is 10.5. The van der Waals surface area contributed by atoms with Gasteiger partial charge in [0.1, 0.15) is 33.4 Å². The number of aryl methyl sites for hydroxylation is 1. The number of nitrogens with zero attached hydrogens (tertiary/aromatic N) is 2. The predicted molar refractivity (Wildman–Crippen MR) is 80.5 cm³/mol. The lowest BCUT2D eigenvalue weighted by Gasteiger charge is -2.09. The molecule has 0 saturated heterocycles. The number of fused-ring (bicyclic) bond motifs is 1. The van der Waals surface area contributed by atoms with Crippen LogP contribution >= 0.6 is 11.3 Å². The number of halogens is 1. The van der Waals surface area contributed by atoms with Crippen molar-refractivity contribution < 1.29 is 19.4 Å². The Morgan fingerprint density at radius 1 is 1.36 bits per heavy atom. The molecule has 6 nitrogen and oxygen atoms in total. The molecule has 0 radical (unpaired) electrons. The largest absolute Gasteiger partial charge is 0.506 e. The van der Waals surface area contributed by atoms with E-state index in [-0.39, 0.29) is 16.3 Å². The molecule has 0 bridgehead atoms. The van der Waals surface area contributed by atoms with Crippen molar-refractivity contribution in [1.82, 2.24) is 9.97 Å². The summed E-state index contributed by atoms with van der Waals surface area (Å²) in [7, 11) is 0. The van der Waals surface area contributed by atoms with Gasteiger partial charge in [0.2, 0.25) is 0 Å². The van der Waals surface area contributed by atoms with Gasteiger partial charge in [0.05, 0.1) is 11.1 Å². The molecule has 2 aromatic heterocycles. The third-order valence-corrected chi connectivity index (χ3v) is 4.32. The highest BCUT2D eigenvalue weighted by Crippen LogP contribution is 2.35. The fraction of sp³-hybridized carbons (Fsp3) is 0.0714. The molecule has 3 N–H and O–H groups in total. The van der Waals surface area contributed by atoms with Gasteiger partial charge in [-0.3, -0.25) is 0 Å². The van der Waals surface area contributed by atoms with Crippen molar-refractivity contribution in [2.45, 2.75) is 6.92 Å². The molecule has 0 spiro atoms. The Kier molecular flexibility index (Phi) is 3.38. The molecule has 112 valence electrons. The number of benzene rings is 1. The van der Waals surface area contributed by atoms with Crippen LogP contribution in [0.2, 0.25) is 0 Å². The van der Waals surface area contributed by atoms with Crippen LogP contribution in [0.25, 0.3) is 10.2 Å². The minimum atomic E-state index is -1.03. The minimum absolute atomic E-state index is 0.182. The van der Waals surface area contributed by atoms with E-state index in [2.05, 4.69) is 15.3 Å². The van der Waals surface area contributed by atoms with Gasteiger partial charge < -0.3 is 15.5 Å². The fourth-order valence-electron chi connectivity index (χ4n) is 2.11. The highest BCUT2D eigenvalue weighted by molar-refractivity contribution is 7.20. The number of carboxylic acids is 1. The molecule has 0 unspecified atom stereocenters. The summed E-state index contributed by atoms with van der Waals surface area (Å²) in [6.45, 7) is 1.67. The normalized spacial score (nSPS) is 10.8. The summed E-state index contributed by atoms with van der Waals surface area (Å²) in [4.78, 5) is 20.1. The van der Waals surface area contributed by atoms with Crippen molar-refractivity contribution in [2.24, 2.45) is 0 Å². The lowest BCUT2D eigenvalue weighted by atomic mass is 10.2. The zero-order valence-corrected chi connectivity index (χ0v) is 12.1. The molecule has 0 fully saturated rings. The summed E-state index contributed by atoms with van der Waals surface area (Å²) in [5.41, 5.74) is 0.807. The molecule has 3 aromatic rings. The molecule has 1 aromatic carbocycles. The highest BCUT2D eigenvalue weighted by atomic mass is 32.1. The number of aromatic carboxylic acids is 1. The van der Waals surface area contributed by atoms with Crippen LogP contribution in [-0.4, -0.2) is 26.2 Å². The number of aromatic hydroxyl groups is 1. The number of carboxylic acid groups (broad SMARTS) is 1. The maximum Gasteiger partial charge on any atom is 0.346 e. The van der Waals surface area contributed by atoms with Crippen LogP contribution in [0.3, 0.4) is 0 Å². The number of nitrogens with one attached hydrogen (secondary N) is 1. The average Bonchev–Trinajstić information content (AvgIpc) is 2.80. The molecule has 2 heterocycles. The molecule has 0 amide bonds. The molecular weight excluding hydrogens is 309 g/mol. The van der Waals surface area contributed by atoms with E-state index in [9.17, 15) is 19.4 Å². The Labute approximate surface area is 127 Å². The summed E-state index contributed by atoms with van der Waals surface area (Å²) in [5.74, 6) is -1.50. The Balaban J connectivity index is 2.13. The van der Waals surface area contributed by atoms with Crippen LogP contribution < -0.4 is 5.32 Å². The number of aromatic nitrogens is 2. The van der Waals surface area contributed by atoms with Gasteiger partial charge in [0, 0.05) is 6.07 Å². The quantitative estimate of drug-likeness (QED) is 0.641. The van der Waals surface area contributed by atoms with Gasteiger partial charge in [0.15, 0.2) is 0 Å². The van der Waals surface area contributed by atoms with Crippen LogP contribution in [0.4, 0.5) is 15.9 Å². The van der Waals surface area contributed by atoms with E-state index in [1.807, 2.05) is 0 Å². The number of hydrogen-bond acceptors (Lipinski definition) is 6. The van der Waals surface area contributed by atoms with Gasteiger partial charge in [-0.25, -0.2) is 19.2 Å². The Morgan fingerprint density at radius 3 is 2.82 bits per heavy atom. The number of carbonyl (C=O) groups is 1. The van der Waals surface area contributed by atoms with Crippen LogP contribution in [0.5, 0.6) is 5.75 Å². The van der Waals surface area contributed by atoms with Gasteiger partial charge in [-0.05, 0) is 24.6 Å². The van der Waals surface area contributed by atoms with E-state index in [0.29, 0.717) is 21.6 Å². The second-order valence-electron chi connectivity index (χ2n) is 4.55. The summed E-state index contributed by atoms with van der Waals surface area (Å²) in [6, 6.07) is 3.55. The van der Waals surface area contributed by atoms with E-state index in [4.69, 9.17) is 0 Å². The van der Waals surface area contributed by atoms with E-state index in [1.54, 1.807) is 6.92 Å². The van der Waals surface area contributed by atoms with Crippen LogP contribution in [0, 0.1) is 12.7 Å². The molecule has 0 aliphatic heterocycles. The maximum atomic E-state index is 13.0. The van der Waals surface area contributed by atoms with Gasteiger partial charge in [-0.1, -0.05) is 0 Å². The number of thiophene rings is 1. The first-order valence-electron chi connectivity index (χ1n) is 6.20. The smallest absolute Gasteiger partial charge is 0.346 e. The van der Waals surface area contributed by atoms with Gasteiger partial charge in [0.25, 0.3) is 0 Å². The number of anilines is 2. The monoisotopic (exact) mass is 319 g/mol. The van der Waals surface area contributed by atoms with E-state index < -0.39 is 11.8 Å². The van der Waals surface area contributed by atoms with E-state index in [0.717, 1.165) is 17.4 Å². The van der Waals surface area contributed by atoms with Crippen molar-refractivity contribution >= 4 is 39.0 Å². The topological polar surface area (TPSA) is 95.3 Å². The summed E-state index contributed by atoms with van der Waals surface area (Å²) >= 11 is 1.05. The molecule has 0 atom stereocenters. The van der Waals surface area contributed by atoms with Gasteiger partial charge >= 0.3 is 5.97 Å². The van der Waals surface area contributed by atoms with Crippen molar-refractivity contribution in [1.29, 1.82) is 0 Å². The lowest BCUT2D eigenvalue weighted by Crippen LogP contribution is -1.97. The number of rotatable bonds is 3. The fourth-order valence-corrected chi connectivity index (χ4v) is 3.10. The zero-order chi connectivity index (χ0) is 15.9. The zero-order valence-electron chi connectivity index (χ0n) is 11.3. The third-order valence-electron chi connectivity index (χ3n) is 3.13. The summed E-state index contributed by atoms with van der Waals surface area (Å²) in [6.07, 6.45) is 1.30. The van der Waals surface area contributed by atoms with Gasteiger partial charge in [-0.15, -0.1) is 11.3 Å². The predicted octanol–water partition coefficient (Wildman–Crippen LogP) is 3.29. The Hall–Kier alpha value is -2.74. The molecule has 0 saturated carbocycles. The SMILES string of the molecule is Cc1c(C(=O)O)sc2ncnc(Nc3ccc(F)cc3O)c12. The second kappa shape index (κ2) is 5.23. The van der Waals surface area contributed by atoms with Gasteiger partial charge in [-0.2, -0.15) is 0 Å². The first kappa shape index (κ1) is 14.2. The molecule has 8 heteroatoms. The first-order valence-corrected chi connectivity index (χ1v) is 7.02. The van der Waals surface area contributed by atoms with Crippen LogP contribution in [0.15, 0.2) is 24.5 Å². The average molecular weight is 319 g/mol. The molecule has 0 aliphatic carbocycles. The number of phenolic OH excluding ortho intramolecular Hbond substituents is 1. The number of phenols is 1. The number of hydrogen-bond donors (Lipinski definition) is 3. The third kappa shape index (κ3) is 2.33. The Morgan fingerprint density at radius 2 is 2.14 bits per heavy atom. The Bertz CT molecular complexity index is 894. The van der Waals surface area contributed by atoms with Crippen molar-refractivity contribution in [3.05, 3.63) is 40.8 Å². The maximum absolute atomic E-state index is 13.0. The van der Waals surface area contributed by atoms with Crippen molar-refractivity contribution in [3.8, 4) is 5.75 Å². The van der Waals surface area contributed by atoms with Crippen LogP contribution in [-0.2, 0) is 0 Å².